The summed E-state index contributed by atoms with van der Waals surface area (Å²) in [4.78, 5) is 11.6. The average molecular weight is 488 g/mol. The van der Waals surface area contributed by atoms with E-state index in [9.17, 15) is 0 Å². The van der Waals surface area contributed by atoms with Crippen LogP contribution in [0.25, 0.3) is 6.08 Å². The number of allylic oxidation sites excluding steroid dienone is 1. The molecule has 2 aromatic heterocycles. The lowest BCUT2D eigenvalue weighted by Gasteiger charge is -2.05. The lowest BCUT2D eigenvalue weighted by atomic mass is 10.0. The topological polar surface area (TPSA) is 53.2 Å². The van der Waals surface area contributed by atoms with Gasteiger partial charge in [-0.3, -0.25) is 0 Å². The molecule has 0 amide bonds. The van der Waals surface area contributed by atoms with Gasteiger partial charge in [-0.1, -0.05) is 59.6 Å². The highest BCUT2D eigenvalue weighted by Crippen LogP contribution is 2.29. The summed E-state index contributed by atoms with van der Waals surface area (Å²) in [5.41, 5.74) is 7.84. The zero-order chi connectivity index (χ0) is 23.5. The molecular formula is C28H23Cl2N3O. The highest BCUT2D eigenvalue weighted by Gasteiger charge is 2.19. The van der Waals surface area contributed by atoms with Gasteiger partial charge in [0, 0.05) is 46.5 Å². The first kappa shape index (κ1) is 22.3. The number of nitrogens with zero attached hydrogens (tertiary/aromatic N) is 1. The van der Waals surface area contributed by atoms with E-state index in [2.05, 4.69) is 22.1 Å². The SMILES string of the molecule is COC1=CC(c2ccc[nH]2)=N/C1=C\c1[nH]c(Cc2ccccc2Cl)cc1Cc1ccccc1Cl. The quantitative estimate of drug-likeness (QED) is 0.284. The Morgan fingerprint density at radius 1 is 0.882 bits per heavy atom. The number of benzene rings is 2. The minimum absolute atomic E-state index is 0.692. The molecule has 34 heavy (non-hydrogen) atoms. The van der Waals surface area contributed by atoms with Crippen LogP contribution < -0.4 is 0 Å². The molecule has 0 fully saturated rings. The van der Waals surface area contributed by atoms with Gasteiger partial charge in [0.1, 0.15) is 11.5 Å². The Labute approximate surface area is 208 Å². The molecule has 1 aliphatic rings. The molecule has 0 aliphatic carbocycles. The molecule has 2 N–H and O–H groups in total. The van der Waals surface area contributed by atoms with E-state index < -0.39 is 0 Å². The number of methoxy groups -OCH3 is 1. The van der Waals surface area contributed by atoms with Crippen molar-refractivity contribution in [3.05, 3.63) is 134 Å². The summed E-state index contributed by atoms with van der Waals surface area (Å²) in [6, 6.07) is 22.0. The van der Waals surface area contributed by atoms with Crippen LogP contribution in [0, 0.1) is 0 Å². The fraction of sp³-hybridized carbons (Fsp3) is 0.107. The van der Waals surface area contributed by atoms with Gasteiger partial charge in [0.2, 0.25) is 0 Å². The molecule has 0 bridgehead atoms. The summed E-state index contributed by atoms with van der Waals surface area (Å²) in [7, 11) is 1.66. The van der Waals surface area contributed by atoms with E-state index in [0.717, 1.165) is 61.0 Å². The van der Waals surface area contributed by atoms with Crippen LogP contribution in [-0.4, -0.2) is 22.8 Å². The maximum Gasteiger partial charge on any atom is 0.146 e. The number of hydrogen-bond acceptors (Lipinski definition) is 2. The first-order chi connectivity index (χ1) is 16.6. The van der Waals surface area contributed by atoms with Crippen LogP contribution in [0.2, 0.25) is 10.0 Å². The number of ether oxygens (including phenoxy) is 1. The van der Waals surface area contributed by atoms with Crippen molar-refractivity contribution in [2.75, 3.05) is 7.11 Å². The Bertz CT molecular complexity index is 1410. The number of halogens is 2. The second-order valence-corrected chi connectivity index (χ2v) is 8.91. The van der Waals surface area contributed by atoms with Crippen molar-refractivity contribution in [3.8, 4) is 0 Å². The van der Waals surface area contributed by atoms with Crippen molar-refractivity contribution >= 4 is 35.0 Å². The number of rotatable bonds is 7. The molecule has 3 heterocycles. The molecule has 4 aromatic rings. The van der Waals surface area contributed by atoms with Gasteiger partial charge in [-0.05, 0) is 53.1 Å². The van der Waals surface area contributed by atoms with Gasteiger partial charge >= 0.3 is 0 Å². The van der Waals surface area contributed by atoms with Gasteiger partial charge < -0.3 is 14.7 Å². The summed E-state index contributed by atoms with van der Waals surface area (Å²) >= 11 is 12.9. The second-order valence-electron chi connectivity index (χ2n) is 8.09. The van der Waals surface area contributed by atoms with Crippen molar-refractivity contribution in [3.63, 3.8) is 0 Å². The number of aromatic nitrogens is 2. The van der Waals surface area contributed by atoms with Gasteiger partial charge in [0.05, 0.1) is 18.5 Å². The van der Waals surface area contributed by atoms with Gasteiger partial charge in [-0.15, -0.1) is 0 Å². The normalized spacial score (nSPS) is 14.4. The Hall–Kier alpha value is -3.47. The fourth-order valence-electron chi connectivity index (χ4n) is 4.09. The van der Waals surface area contributed by atoms with Crippen LogP contribution in [0.4, 0.5) is 0 Å². The Balaban J connectivity index is 1.54. The number of aliphatic imine (C=N–C) groups is 1. The lowest BCUT2D eigenvalue weighted by Crippen LogP contribution is -1.93. The molecule has 0 unspecified atom stereocenters. The van der Waals surface area contributed by atoms with Gasteiger partial charge in [0.25, 0.3) is 0 Å². The molecule has 6 heteroatoms. The van der Waals surface area contributed by atoms with Crippen LogP contribution in [0.5, 0.6) is 0 Å². The highest BCUT2D eigenvalue weighted by atomic mass is 35.5. The van der Waals surface area contributed by atoms with E-state index >= 15 is 0 Å². The predicted molar refractivity (Wildman–Crippen MR) is 140 cm³/mol. The van der Waals surface area contributed by atoms with Crippen molar-refractivity contribution < 1.29 is 4.74 Å². The van der Waals surface area contributed by atoms with Gasteiger partial charge in [-0.25, -0.2) is 4.99 Å². The van der Waals surface area contributed by atoms with Crippen LogP contribution in [-0.2, 0) is 17.6 Å². The van der Waals surface area contributed by atoms with E-state index in [1.54, 1.807) is 7.11 Å². The van der Waals surface area contributed by atoms with E-state index in [1.807, 2.05) is 72.9 Å². The minimum Gasteiger partial charge on any atom is -0.494 e. The predicted octanol–water partition coefficient (Wildman–Crippen LogP) is 7.21. The monoisotopic (exact) mass is 487 g/mol. The molecule has 0 saturated heterocycles. The summed E-state index contributed by atoms with van der Waals surface area (Å²) in [5, 5.41) is 1.51. The fourth-order valence-corrected chi connectivity index (χ4v) is 4.49. The molecule has 2 aromatic carbocycles. The Morgan fingerprint density at radius 3 is 2.24 bits per heavy atom. The zero-order valence-corrected chi connectivity index (χ0v) is 20.1. The molecule has 170 valence electrons. The Morgan fingerprint density at radius 2 is 1.59 bits per heavy atom. The van der Waals surface area contributed by atoms with Crippen molar-refractivity contribution in [1.29, 1.82) is 0 Å². The first-order valence-electron chi connectivity index (χ1n) is 11.0. The molecule has 0 spiro atoms. The van der Waals surface area contributed by atoms with Crippen LogP contribution in [0.1, 0.15) is 33.8 Å². The number of aromatic amines is 2. The molecular weight excluding hydrogens is 465 g/mol. The minimum atomic E-state index is 0.692. The zero-order valence-electron chi connectivity index (χ0n) is 18.6. The summed E-state index contributed by atoms with van der Waals surface area (Å²) in [5.74, 6) is 0.718. The average Bonchev–Trinajstić information content (AvgIpc) is 3.58. The summed E-state index contributed by atoms with van der Waals surface area (Å²) in [6.45, 7) is 0. The van der Waals surface area contributed by atoms with Crippen molar-refractivity contribution in [2.45, 2.75) is 12.8 Å². The van der Waals surface area contributed by atoms with E-state index in [0.29, 0.717) is 12.8 Å². The summed E-state index contributed by atoms with van der Waals surface area (Å²) < 4.78 is 5.63. The molecule has 1 aliphatic heterocycles. The summed E-state index contributed by atoms with van der Waals surface area (Å²) in [6.07, 6.45) is 7.25. The third kappa shape index (κ3) is 4.74. The van der Waals surface area contributed by atoms with E-state index in [4.69, 9.17) is 32.9 Å². The maximum atomic E-state index is 6.48. The lowest BCUT2D eigenvalue weighted by molar-refractivity contribution is 0.303. The second kappa shape index (κ2) is 9.80. The molecule has 0 radical (unpaired) electrons. The van der Waals surface area contributed by atoms with Gasteiger partial charge in [-0.2, -0.15) is 0 Å². The number of nitrogens with one attached hydrogen (secondary N) is 2. The Kier molecular flexibility index (Phi) is 6.43. The largest absolute Gasteiger partial charge is 0.494 e. The van der Waals surface area contributed by atoms with Gasteiger partial charge in [0.15, 0.2) is 0 Å². The third-order valence-electron chi connectivity index (χ3n) is 5.80. The molecule has 0 atom stereocenters. The maximum absolute atomic E-state index is 6.48. The number of H-pyrrole nitrogens is 2. The molecule has 0 saturated carbocycles. The molecule has 5 rings (SSSR count). The van der Waals surface area contributed by atoms with Crippen molar-refractivity contribution in [1.82, 2.24) is 9.97 Å². The first-order valence-corrected chi connectivity index (χ1v) is 11.7. The van der Waals surface area contributed by atoms with Crippen LogP contribution in [0.3, 0.4) is 0 Å². The third-order valence-corrected chi connectivity index (χ3v) is 6.54. The standard InChI is InChI=1S/C28H23Cl2N3O/c1-34-28-17-26(24-11-6-12-31-24)33-27(28)16-25-20(13-18-7-2-4-9-22(18)29)15-21(32-25)14-19-8-3-5-10-23(19)30/h2-12,15-17,31-32H,13-14H2,1H3/b27-16-. The van der Waals surface area contributed by atoms with E-state index in [1.165, 1.54) is 0 Å². The van der Waals surface area contributed by atoms with Crippen LogP contribution >= 0.6 is 23.2 Å². The van der Waals surface area contributed by atoms with Crippen molar-refractivity contribution in [2.24, 2.45) is 4.99 Å². The highest BCUT2D eigenvalue weighted by molar-refractivity contribution is 6.31. The molecule has 4 nitrogen and oxygen atoms in total. The smallest absolute Gasteiger partial charge is 0.146 e. The number of hydrogen-bond donors (Lipinski definition) is 2. The van der Waals surface area contributed by atoms with E-state index in [-0.39, 0.29) is 0 Å². The van der Waals surface area contributed by atoms with Crippen LogP contribution in [0.15, 0.2) is 95.5 Å².